The lowest BCUT2D eigenvalue weighted by molar-refractivity contribution is -0.123. The first-order valence-electron chi connectivity index (χ1n) is 6.05. The summed E-state index contributed by atoms with van der Waals surface area (Å²) in [6.07, 6.45) is 4.01. The molecule has 0 bridgehead atoms. The highest BCUT2D eigenvalue weighted by Crippen LogP contribution is 2.32. The lowest BCUT2D eigenvalue weighted by Gasteiger charge is -2.18. The van der Waals surface area contributed by atoms with E-state index in [1.807, 2.05) is 6.26 Å². The number of carbonyl (C=O) groups is 2. The smallest absolute Gasteiger partial charge is 0.312 e. The van der Waals surface area contributed by atoms with Crippen LogP contribution in [0.2, 0.25) is 0 Å². The van der Waals surface area contributed by atoms with Crippen LogP contribution in [-0.4, -0.2) is 47.7 Å². The van der Waals surface area contributed by atoms with E-state index in [0.717, 1.165) is 18.6 Å². The molecule has 0 saturated heterocycles. The molecule has 0 spiro atoms. The number of aliphatic hydroxyl groups excluding tert-OH is 1. The van der Waals surface area contributed by atoms with Gasteiger partial charge in [0.05, 0.1) is 6.10 Å². The third-order valence-corrected chi connectivity index (χ3v) is 3.54. The van der Waals surface area contributed by atoms with Gasteiger partial charge in [-0.25, -0.2) is 4.79 Å². The highest BCUT2D eigenvalue weighted by Gasteiger charge is 2.30. The van der Waals surface area contributed by atoms with Crippen molar-refractivity contribution in [3.63, 3.8) is 0 Å². The van der Waals surface area contributed by atoms with Gasteiger partial charge in [-0.1, -0.05) is 0 Å². The quantitative estimate of drug-likeness (QED) is 0.486. The number of hydrogen-bond donors (Lipinski definition) is 4. The second-order valence-corrected chi connectivity index (χ2v) is 5.48. The molecule has 3 amide bonds. The van der Waals surface area contributed by atoms with E-state index in [-0.39, 0.29) is 12.5 Å². The second kappa shape index (κ2) is 7.48. The first kappa shape index (κ1) is 15.1. The van der Waals surface area contributed by atoms with E-state index in [2.05, 4.69) is 10.6 Å². The Morgan fingerprint density at radius 3 is 2.67 bits per heavy atom. The molecule has 0 aromatic carbocycles. The molecule has 0 aromatic rings. The lowest BCUT2D eigenvalue weighted by atomic mass is 10.2. The van der Waals surface area contributed by atoms with Crippen LogP contribution in [0.5, 0.6) is 0 Å². The van der Waals surface area contributed by atoms with Crippen LogP contribution in [0, 0.1) is 5.92 Å². The average Bonchev–Trinajstić information content (AvgIpc) is 3.14. The van der Waals surface area contributed by atoms with Gasteiger partial charge >= 0.3 is 6.03 Å². The van der Waals surface area contributed by atoms with E-state index < -0.39 is 18.2 Å². The maximum Gasteiger partial charge on any atom is 0.312 e. The maximum absolute atomic E-state index is 11.8. The maximum atomic E-state index is 11.8. The van der Waals surface area contributed by atoms with Crippen LogP contribution < -0.4 is 16.4 Å². The van der Waals surface area contributed by atoms with Crippen LogP contribution in [0.1, 0.15) is 19.3 Å². The Labute approximate surface area is 111 Å². The van der Waals surface area contributed by atoms with Gasteiger partial charge in [-0.2, -0.15) is 11.8 Å². The van der Waals surface area contributed by atoms with Gasteiger partial charge in [0.15, 0.2) is 0 Å². The first-order valence-corrected chi connectivity index (χ1v) is 7.44. The van der Waals surface area contributed by atoms with Crippen molar-refractivity contribution in [2.45, 2.75) is 31.4 Å². The van der Waals surface area contributed by atoms with E-state index in [9.17, 15) is 14.7 Å². The SMILES string of the molecule is CSCCC(NC(N)=O)C(=O)NCC(O)C1CC1. The topological polar surface area (TPSA) is 104 Å². The van der Waals surface area contributed by atoms with Crippen molar-refractivity contribution in [2.24, 2.45) is 11.7 Å². The molecule has 0 aromatic heterocycles. The zero-order valence-electron chi connectivity index (χ0n) is 10.5. The molecule has 0 heterocycles. The predicted molar refractivity (Wildman–Crippen MR) is 71.2 cm³/mol. The van der Waals surface area contributed by atoms with Crippen LogP contribution >= 0.6 is 11.8 Å². The summed E-state index contributed by atoms with van der Waals surface area (Å²) < 4.78 is 0. The summed E-state index contributed by atoms with van der Waals surface area (Å²) in [6.45, 7) is 0.236. The van der Waals surface area contributed by atoms with Crippen molar-refractivity contribution < 1.29 is 14.7 Å². The van der Waals surface area contributed by atoms with E-state index in [1.54, 1.807) is 11.8 Å². The molecule has 1 saturated carbocycles. The fourth-order valence-electron chi connectivity index (χ4n) is 1.65. The monoisotopic (exact) mass is 275 g/mol. The Morgan fingerprint density at radius 2 is 2.17 bits per heavy atom. The summed E-state index contributed by atoms with van der Waals surface area (Å²) >= 11 is 1.59. The van der Waals surface area contributed by atoms with Gasteiger partial charge in [-0.3, -0.25) is 4.79 Å². The second-order valence-electron chi connectivity index (χ2n) is 4.49. The van der Waals surface area contributed by atoms with Crippen LogP contribution in [0.3, 0.4) is 0 Å². The number of urea groups is 1. The number of aliphatic hydroxyl groups is 1. The van der Waals surface area contributed by atoms with Gasteiger partial charge in [0.1, 0.15) is 6.04 Å². The zero-order chi connectivity index (χ0) is 13.5. The lowest BCUT2D eigenvalue weighted by Crippen LogP contribution is -2.50. The molecule has 5 N–H and O–H groups in total. The molecule has 2 unspecified atom stereocenters. The molecular weight excluding hydrogens is 254 g/mol. The normalized spacial score (nSPS) is 17.9. The summed E-state index contributed by atoms with van der Waals surface area (Å²) in [5.41, 5.74) is 5.03. The molecule has 18 heavy (non-hydrogen) atoms. The first-order chi connectivity index (χ1) is 8.54. The number of rotatable bonds is 8. The number of carbonyl (C=O) groups excluding carboxylic acids is 2. The van der Waals surface area contributed by atoms with Crippen LogP contribution in [0.25, 0.3) is 0 Å². The van der Waals surface area contributed by atoms with Crippen LogP contribution in [-0.2, 0) is 4.79 Å². The molecule has 0 radical (unpaired) electrons. The minimum absolute atomic E-state index is 0.236. The third-order valence-electron chi connectivity index (χ3n) is 2.90. The standard InChI is InChI=1S/C11H21N3O3S/c1-18-5-4-8(14-11(12)17)10(16)13-6-9(15)7-2-3-7/h7-9,15H,2-6H2,1H3,(H,13,16)(H3,12,14,17). The number of hydrogen-bond acceptors (Lipinski definition) is 4. The van der Waals surface area contributed by atoms with Gasteiger partial charge in [-0.15, -0.1) is 0 Å². The van der Waals surface area contributed by atoms with Crippen molar-refractivity contribution in [2.75, 3.05) is 18.6 Å². The minimum atomic E-state index is -0.709. The van der Waals surface area contributed by atoms with E-state index in [1.165, 1.54) is 0 Å². The molecule has 1 aliphatic carbocycles. The van der Waals surface area contributed by atoms with E-state index in [4.69, 9.17) is 5.73 Å². The Bertz CT molecular complexity index is 297. The van der Waals surface area contributed by atoms with Crippen molar-refractivity contribution >= 4 is 23.7 Å². The molecular formula is C11H21N3O3S. The Morgan fingerprint density at radius 1 is 1.50 bits per heavy atom. The van der Waals surface area contributed by atoms with E-state index >= 15 is 0 Å². The molecule has 7 heteroatoms. The Kier molecular flexibility index (Phi) is 6.28. The Hall–Kier alpha value is -0.950. The molecule has 1 fully saturated rings. The van der Waals surface area contributed by atoms with Gasteiger partial charge in [0.25, 0.3) is 0 Å². The number of nitrogens with one attached hydrogen (secondary N) is 2. The fourth-order valence-corrected chi connectivity index (χ4v) is 2.12. The van der Waals surface area contributed by atoms with E-state index in [0.29, 0.717) is 12.3 Å². The molecule has 104 valence electrons. The molecule has 6 nitrogen and oxygen atoms in total. The largest absolute Gasteiger partial charge is 0.391 e. The minimum Gasteiger partial charge on any atom is -0.391 e. The Balaban J connectivity index is 2.33. The van der Waals surface area contributed by atoms with Gasteiger partial charge < -0.3 is 21.5 Å². The summed E-state index contributed by atoms with van der Waals surface area (Å²) in [4.78, 5) is 22.6. The van der Waals surface area contributed by atoms with Crippen molar-refractivity contribution in [1.29, 1.82) is 0 Å². The van der Waals surface area contributed by atoms with Crippen molar-refractivity contribution in [1.82, 2.24) is 10.6 Å². The highest BCUT2D eigenvalue weighted by atomic mass is 32.2. The van der Waals surface area contributed by atoms with Crippen LogP contribution in [0.15, 0.2) is 0 Å². The van der Waals surface area contributed by atoms with Gasteiger partial charge in [-0.05, 0) is 37.2 Å². The summed E-state index contributed by atoms with van der Waals surface area (Å²) in [6, 6.07) is -1.33. The van der Waals surface area contributed by atoms with Crippen LogP contribution in [0.4, 0.5) is 4.79 Å². The highest BCUT2D eigenvalue weighted by molar-refractivity contribution is 7.98. The molecule has 1 rings (SSSR count). The van der Waals surface area contributed by atoms with Crippen molar-refractivity contribution in [3.8, 4) is 0 Å². The van der Waals surface area contributed by atoms with Gasteiger partial charge in [0.2, 0.25) is 5.91 Å². The molecule has 2 atom stereocenters. The molecule has 1 aliphatic rings. The van der Waals surface area contributed by atoms with Gasteiger partial charge in [0, 0.05) is 6.54 Å². The third kappa shape index (κ3) is 5.59. The summed E-state index contributed by atoms with van der Waals surface area (Å²) in [5.74, 6) is 0.783. The number of nitrogens with two attached hydrogens (primary N) is 1. The predicted octanol–water partition coefficient (Wildman–Crippen LogP) is -0.336. The number of thioether (sulfide) groups is 1. The summed E-state index contributed by atoms with van der Waals surface area (Å²) in [5, 5.41) is 14.7. The fraction of sp³-hybridized carbons (Fsp3) is 0.818. The molecule has 0 aliphatic heterocycles. The zero-order valence-corrected chi connectivity index (χ0v) is 11.3. The van der Waals surface area contributed by atoms with Crippen molar-refractivity contribution in [3.05, 3.63) is 0 Å². The summed E-state index contributed by atoms with van der Waals surface area (Å²) in [7, 11) is 0. The number of primary amides is 1. The number of amides is 3. The average molecular weight is 275 g/mol.